The smallest absolute Gasteiger partial charge is 0.416 e. The molecule has 1 heterocycles. The summed E-state index contributed by atoms with van der Waals surface area (Å²) in [6.45, 7) is -0.684. The SMILES string of the molecule is O=C(COc1c(C=Nn2c(-c3cccc(C(F)(F)F)c3)nc3ccccc3c2=O)cccc1[N+](=O)[O-])Nc1ccc(F)cc1. The fraction of sp³-hybridized carbons (Fsp3) is 0.0667. The van der Waals surface area contributed by atoms with Gasteiger partial charge in [0.15, 0.2) is 12.4 Å². The summed E-state index contributed by atoms with van der Waals surface area (Å²) in [4.78, 5) is 41.3. The minimum absolute atomic E-state index is 0.0242. The van der Waals surface area contributed by atoms with E-state index in [1.165, 1.54) is 42.5 Å². The predicted molar refractivity (Wildman–Crippen MR) is 153 cm³/mol. The van der Waals surface area contributed by atoms with Gasteiger partial charge in [0.25, 0.3) is 11.5 Å². The Balaban J connectivity index is 1.55. The van der Waals surface area contributed by atoms with Gasteiger partial charge in [0.1, 0.15) is 5.82 Å². The molecule has 1 N–H and O–H groups in total. The van der Waals surface area contributed by atoms with E-state index in [4.69, 9.17) is 4.74 Å². The molecule has 0 fully saturated rings. The third-order valence-electron chi connectivity index (χ3n) is 6.21. The van der Waals surface area contributed by atoms with Crippen LogP contribution in [0.4, 0.5) is 28.9 Å². The fourth-order valence-corrected chi connectivity index (χ4v) is 4.19. The van der Waals surface area contributed by atoms with Crippen LogP contribution in [-0.4, -0.2) is 33.3 Å². The number of para-hydroxylation sites is 2. The van der Waals surface area contributed by atoms with E-state index in [2.05, 4.69) is 15.4 Å². The number of benzene rings is 4. The quantitative estimate of drug-likeness (QED) is 0.0996. The fourth-order valence-electron chi connectivity index (χ4n) is 4.19. The molecule has 0 unspecified atom stereocenters. The number of carbonyl (C=O) groups excluding carboxylic acids is 1. The number of nitrogens with one attached hydrogen (secondary N) is 1. The lowest BCUT2D eigenvalue weighted by molar-refractivity contribution is -0.385. The molecular formula is C30H19F4N5O5. The summed E-state index contributed by atoms with van der Waals surface area (Å²) in [6.07, 6.45) is -3.63. The van der Waals surface area contributed by atoms with Crippen molar-refractivity contribution in [2.45, 2.75) is 6.18 Å². The minimum atomic E-state index is -4.67. The second-order valence-corrected chi connectivity index (χ2v) is 9.19. The maximum atomic E-state index is 13.5. The second kappa shape index (κ2) is 12.1. The molecule has 5 rings (SSSR count). The number of nitro groups is 1. The summed E-state index contributed by atoms with van der Waals surface area (Å²) < 4.78 is 59.8. The summed E-state index contributed by atoms with van der Waals surface area (Å²) in [7, 11) is 0. The van der Waals surface area contributed by atoms with Crippen molar-refractivity contribution in [2.24, 2.45) is 5.10 Å². The summed E-state index contributed by atoms with van der Waals surface area (Å²) in [5, 5.41) is 18.5. The maximum absolute atomic E-state index is 13.5. The monoisotopic (exact) mass is 605 g/mol. The Morgan fingerprint density at radius 2 is 1.75 bits per heavy atom. The van der Waals surface area contributed by atoms with Gasteiger partial charge < -0.3 is 10.1 Å². The highest BCUT2D eigenvalue weighted by Gasteiger charge is 2.31. The van der Waals surface area contributed by atoms with E-state index in [0.717, 1.165) is 47.3 Å². The maximum Gasteiger partial charge on any atom is 0.416 e. The largest absolute Gasteiger partial charge is 0.476 e. The number of aromatic nitrogens is 2. The van der Waals surface area contributed by atoms with Crippen LogP contribution >= 0.6 is 0 Å². The molecule has 0 aliphatic carbocycles. The van der Waals surface area contributed by atoms with Gasteiger partial charge in [-0.05, 0) is 54.6 Å². The van der Waals surface area contributed by atoms with Crippen molar-refractivity contribution in [2.75, 3.05) is 11.9 Å². The Kier molecular flexibility index (Phi) is 8.15. The number of carbonyl (C=O) groups is 1. The zero-order valence-corrected chi connectivity index (χ0v) is 22.3. The molecule has 1 aromatic heterocycles. The zero-order chi connectivity index (χ0) is 31.4. The van der Waals surface area contributed by atoms with Crippen molar-refractivity contribution >= 4 is 34.4 Å². The topological polar surface area (TPSA) is 129 Å². The number of nitro benzene ring substituents is 1. The highest BCUT2D eigenvalue weighted by molar-refractivity contribution is 5.92. The molecular weight excluding hydrogens is 586 g/mol. The van der Waals surface area contributed by atoms with E-state index in [-0.39, 0.29) is 39.3 Å². The number of hydrogen-bond donors (Lipinski definition) is 1. The predicted octanol–water partition coefficient (Wildman–Crippen LogP) is 6.03. The van der Waals surface area contributed by atoms with Gasteiger partial charge in [-0.1, -0.05) is 30.3 Å². The lowest BCUT2D eigenvalue weighted by atomic mass is 10.1. The molecule has 0 atom stereocenters. The number of rotatable bonds is 8. The van der Waals surface area contributed by atoms with Gasteiger partial charge in [-0.15, -0.1) is 0 Å². The summed E-state index contributed by atoms with van der Waals surface area (Å²) in [5.74, 6) is -1.81. The first kappa shape index (κ1) is 29.6. The van der Waals surface area contributed by atoms with Crippen molar-refractivity contribution in [1.29, 1.82) is 0 Å². The van der Waals surface area contributed by atoms with Crippen molar-refractivity contribution in [3.05, 3.63) is 128 Å². The zero-order valence-electron chi connectivity index (χ0n) is 22.3. The van der Waals surface area contributed by atoms with E-state index >= 15 is 0 Å². The number of hydrogen-bond acceptors (Lipinski definition) is 7. The van der Waals surface area contributed by atoms with E-state index in [1.54, 1.807) is 12.1 Å². The first-order chi connectivity index (χ1) is 21.0. The molecule has 0 aliphatic rings. The number of anilines is 1. The normalized spacial score (nSPS) is 11.5. The van der Waals surface area contributed by atoms with Gasteiger partial charge in [0.2, 0.25) is 5.75 Å². The summed E-state index contributed by atoms with van der Waals surface area (Å²) >= 11 is 0. The van der Waals surface area contributed by atoms with Gasteiger partial charge in [-0.2, -0.15) is 22.9 Å². The molecule has 0 spiro atoms. The third-order valence-corrected chi connectivity index (χ3v) is 6.21. The molecule has 14 heteroatoms. The van der Waals surface area contributed by atoms with E-state index in [1.807, 2.05) is 0 Å². The molecule has 0 saturated heterocycles. The molecule has 0 radical (unpaired) electrons. The molecule has 1 amide bonds. The Morgan fingerprint density at radius 3 is 2.48 bits per heavy atom. The average Bonchev–Trinajstić information content (AvgIpc) is 3.00. The first-order valence-corrected chi connectivity index (χ1v) is 12.7. The molecule has 10 nitrogen and oxygen atoms in total. The van der Waals surface area contributed by atoms with Gasteiger partial charge in [0.05, 0.1) is 27.6 Å². The number of ether oxygens (including phenoxy) is 1. The number of alkyl halides is 3. The summed E-state index contributed by atoms with van der Waals surface area (Å²) in [5.41, 5.74) is -1.83. The number of nitrogens with zero attached hydrogens (tertiary/aromatic N) is 4. The minimum Gasteiger partial charge on any atom is -0.476 e. The van der Waals surface area contributed by atoms with Crippen molar-refractivity contribution < 1.29 is 32.0 Å². The second-order valence-electron chi connectivity index (χ2n) is 9.19. The van der Waals surface area contributed by atoms with Crippen LogP contribution in [0.5, 0.6) is 5.75 Å². The molecule has 4 aromatic carbocycles. The third kappa shape index (κ3) is 6.43. The van der Waals surface area contributed by atoms with Crippen molar-refractivity contribution in [1.82, 2.24) is 9.66 Å². The van der Waals surface area contributed by atoms with E-state index in [9.17, 15) is 37.3 Å². The Hall–Kier alpha value is -5.92. The van der Waals surface area contributed by atoms with Crippen LogP contribution in [0.1, 0.15) is 11.1 Å². The van der Waals surface area contributed by atoms with Crippen molar-refractivity contribution in [3.63, 3.8) is 0 Å². The molecule has 44 heavy (non-hydrogen) atoms. The molecule has 0 aliphatic heterocycles. The van der Waals surface area contributed by atoms with Crippen LogP contribution in [0, 0.1) is 15.9 Å². The lowest BCUT2D eigenvalue weighted by Gasteiger charge is -2.12. The molecule has 0 saturated carbocycles. The van der Waals surface area contributed by atoms with Crippen LogP contribution in [-0.2, 0) is 11.0 Å². The van der Waals surface area contributed by atoms with Crippen LogP contribution in [0.15, 0.2) is 101 Å². The molecule has 0 bridgehead atoms. The van der Waals surface area contributed by atoms with E-state index < -0.39 is 46.2 Å². The highest BCUT2D eigenvalue weighted by atomic mass is 19.4. The molecule has 222 valence electrons. The van der Waals surface area contributed by atoms with Gasteiger partial charge >= 0.3 is 11.9 Å². The lowest BCUT2D eigenvalue weighted by Crippen LogP contribution is -2.21. The Morgan fingerprint density at radius 1 is 1.02 bits per heavy atom. The number of halogens is 4. The Labute approximate surface area is 245 Å². The van der Waals surface area contributed by atoms with Gasteiger partial charge in [-0.3, -0.25) is 19.7 Å². The standard InChI is InChI=1S/C30H19F4N5O5/c31-21-11-13-22(14-12-21)36-26(40)17-44-27-19(6-4-10-25(27)39(42)43)16-35-38-28(18-5-3-7-20(15-18)30(32,33)34)37-24-9-2-1-8-23(24)29(38)41/h1-16H,17H2,(H,36,40). The van der Waals surface area contributed by atoms with Gasteiger partial charge in [-0.25, -0.2) is 9.37 Å². The van der Waals surface area contributed by atoms with Crippen molar-refractivity contribution in [3.8, 4) is 17.1 Å². The Bertz CT molecular complexity index is 1970. The first-order valence-electron chi connectivity index (χ1n) is 12.7. The highest BCUT2D eigenvalue weighted by Crippen LogP contribution is 2.33. The summed E-state index contributed by atoms with van der Waals surface area (Å²) in [6, 6.07) is 19.1. The van der Waals surface area contributed by atoms with Crippen LogP contribution in [0.3, 0.4) is 0 Å². The van der Waals surface area contributed by atoms with Crippen LogP contribution in [0.2, 0.25) is 0 Å². The number of fused-ring (bicyclic) bond motifs is 1. The van der Waals surface area contributed by atoms with E-state index in [0.29, 0.717) is 0 Å². The molecule has 5 aromatic rings. The van der Waals surface area contributed by atoms with Crippen LogP contribution < -0.4 is 15.6 Å². The number of amides is 1. The van der Waals surface area contributed by atoms with Gasteiger partial charge in [0, 0.05) is 22.9 Å². The van der Waals surface area contributed by atoms with Crippen LogP contribution in [0.25, 0.3) is 22.3 Å². The average molecular weight is 606 g/mol.